The summed E-state index contributed by atoms with van der Waals surface area (Å²) < 4.78 is 24.9. The average molecular weight is 264 g/mol. The van der Waals surface area contributed by atoms with Crippen molar-refractivity contribution in [1.29, 1.82) is 0 Å². The molecule has 3 N–H and O–H groups in total. The smallest absolute Gasteiger partial charge is 0.233 e. The van der Waals surface area contributed by atoms with E-state index in [0.29, 0.717) is 32.7 Å². The molecule has 0 unspecified atom stereocenters. The summed E-state index contributed by atoms with van der Waals surface area (Å²) in [5.41, 5.74) is 5.26. The molecule has 1 fully saturated rings. The van der Waals surface area contributed by atoms with Crippen LogP contribution in [0.3, 0.4) is 0 Å². The van der Waals surface area contributed by atoms with Crippen LogP contribution in [-0.4, -0.2) is 75.6 Å². The summed E-state index contributed by atoms with van der Waals surface area (Å²) in [6.45, 7) is 2.48. The number of piperazine rings is 1. The molecule has 1 aliphatic heterocycles. The highest BCUT2D eigenvalue weighted by Gasteiger charge is 2.26. The average Bonchev–Trinajstić information content (AvgIpc) is 2.29. The van der Waals surface area contributed by atoms with E-state index in [9.17, 15) is 13.2 Å². The molecule has 1 aliphatic rings. The Morgan fingerprint density at radius 2 is 1.88 bits per heavy atom. The molecule has 8 heteroatoms. The van der Waals surface area contributed by atoms with Gasteiger partial charge in [0.1, 0.15) is 0 Å². The molecule has 0 radical (unpaired) electrons. The van der Waals surface area contributed by atoms with E-state index < -0.39 is 10.0 Å². The van der Waals surface area contributed by atoms with E-state index >= 15 is 0 Å². The van der Waals surface area contributed by atoms with Gasteiger partial charge in [-0.2, -0.15) is 4.31 Å². The Morgan fingerprint density at radius 3 is 2.35 bits per heavy atom. The molecule has 7 nitrogen and oxygen atoms in total. The van der Waals surface area contributed by atoms with Gasteiger partial charge < -0.3 is 11.1 Å². The number of hydrogen-bond donors (Lipinski definition) is 2. The van der Waals surface area contributed by atoms with E-state index in [1.165, 1.54) is 4.31 Å². The van der Waals surface area contributed by atoms with Gasteiger partial charge in [-0.05, 0) is 0 Å². The SMILES string of the molecule is CNC(=O)CN1CCN(S(=O)(=O)CCN)CC1. The van der Waals surface area contributed by atoms with Crippen molar-refractivity contribution in [3.05, 3.63) is 0 Å². The monoisotopic (exact) mass is 264 g/mol. The minimum Gasteiger partial charge on any atom is -0.358 e. The Kier molecular flexibility index (Phi) is 5.31. The normalized spacial score (nSPS) is 19.2. The van der Waals surface area contributed by atoms with Crippen molar-refractivity contribution in [2.75, 3.05) is 52.1 Å². The zero-order chi connectivity index (χ0) is 12.9. The van der Waals surface area contributed by atoms with Crippen LogP contribution < -0.4 is 11.1 Å². The van der Waals surface area contributed by atoms with Gasteiger partial charge in [-0.1, -0.05) is 0 Å². The summed E-state index contributed by atoms with van der Waals surface area (Å²) in [5.74, 6) is -0.0640. The Morgan fingerprint density at radius 1 is 1.29 bits per heavy atom. The maximum atomic E-state index is 11.7. The second-order valence-corrected chi connectivity index (χ2v) is 6.04. The van der Waals surface area contributed by atoms with Crippen LogP contribution in [0.2, 0.25) is 0 Å². The lowest BCUT2D eigenvalue weighted by atomic mass is 10.3. The summed E-state index contributed by atoms with van der Waals surface area (Å²) in [4.78, 5) is 13.1. The van der Waals surface area contributed by atoms with Crippen molar-refractivity contribution in [2.45, 2.75) is 0 Å². The van der Waals surface area contributed by atoms with Crippen LogP contribution >= 0.6 is 0 Å². The first-order valence-electron chi connectivity index (χ1n) is 5.60. The van der Waals surface area contributed by atoms with E-state index in [1.807, 2.05) is 4.90 Å². The Balaban J connectivity index is 2.43. The van der Waals surface area contributed by atoms with Crippen molar-refractivity contribution in [2.24, 2.45) is 5.73 Å². The predicted octanol–water partition coefficient (Wildman–Crippen LogP) is -2.36. The highest BCUT2D eigenvalue weighted by Crippen LogP contribution is 2.07. The zero-order valence-electron chi connectivity index (χ0n) is 10.1. The largest absolute Gasteiger partial charge is 0.358 e. The second kappa shape index (κ2) is 6.29. The molecule has 0 saturated carbocycles. The van der Waals surface area contributed by atoms with E-state index in [4.69, 9.17) is 5.73 Å². The molecule has 100 valence electrons. The predicted molar refractivity (Wildman–Crippen MR) is 64.9 cm³/mol. The summed E-state index contributed by atoms with van der Waals surface area (Å²) >= 11 is 0. The third-order valence-corrected chi connectivity index (χ3v) is 4.65. The number of carbonyl (C=O) groups is 1. The standard InChI is InChI=1S/C9H20N4O3S/c1-11-9(14)8-12-3-5-13(6-4-12)17(15,16)7-2-10/h2-8,10H2,1H3,(H,11,14). The fraction of sp³-hybridized carbons (Fsp3) is 0.889. The highest BCUT2D eigenvalue weighted by molar-refractivity contribution is 7.89. The fourth-order valence-corrected chi connectivity index (χ4v) is 3.00. The second-order valence-electron chi connectivity index (χ2n) is 3.95. The lowest BCUT2D eigenvalue weighted by Crippen LogP contribution is -2.51. The van der Waals surface area contributed by atoms with Crippen molar-refractivity contribution in [1.82, 2.24) is 14.5 Å². The van der Waals surface area contributed by atoms with Gasteiger partial charge in [-0.15, -0.1) is 0 Å². The quantitative estimate of drug-likeness (QED) is 0.579. The van der Waals surface area contributed by atoms with Crippen LogP contribution in [0.5, 0.6) is 0 Å². The molecular weight excluding hydrogens is 244 g/mol. The van der Waals surface area contributed by atoms with Gasteiger partial charge in [0.05, 0.1) is 12.3 Å². The third kappa shape index (κ3) is 4.23. The van der Waals surface area contributed by atoms with Gasteiger partial charge >= 0.3 is 0 Å². The number of nitrogens with two attached hydrogens (primary N) is 1. The minimum atomic E-state index is -3.21. The first kappa shape index (κ1) is 14.4. The van der Waals surface area contributed by atoms with E-state index in [0.717, 1.165) is 0 Å². The van der Waals surface area contributed by atoms with E-state index in [2.05, 4.69) is 5.32 Å². The molecule has 0 aromatic heterocycles. The highest BCUT2D eigenvalue weighted by atomic mass is 32.2. The molecular formula is C9H20N4O3S. The van der Waals surface area contributed by atoms with Crippen LogP contribution in [0.25, 0.3) is 0 Å². The van der Waals surface area contributed by atoms with Crippen LogP contribution in [-0.2, 0) is 14.8 Å². The Bertz CT molecular complexity index is 349. The van der Waals surface area contributed by atoms with E-state index in [1.54, 1.807) is 7.05 Å². The third-order valence-electron chi connectivity index (χ3n) is 2.75. The number of amides is 1. The molecule has 0 aliphatic carbocycles. The van der Waals surface area contributed by atoms with Gasteiger partial charge in [0.2, 0.25) is 15.9 Å². The number of hydrogen-bond acceptors (Lipinski definition) is 5. The number of likely N-dealkylation sites (N-methyl/N-ethyl adjacent to an activating group) is 1. The number of sulfonamides is 1. The first-order chi connectivity index (χ1) is 7.99. The van der Waals surface area contributed by atoms with Gasteiger partial charge in [0.15, 0.2) is 0 Å². The van der Waals surface area contributed by atoms with Crippen molar-refractivity contribution in [3.63, 3.8) is 0 Å². The zero-order valence-corrected chi connectivity index (χ0v) is 10.9. The lowest BCUT2D eigenvalue weighted by molar-refractivity contribution is -0.122. The molecule has 0 atom stereocenters. The van der Waals surface area contributed by atoms with Crippen molar-refractivity contribution < 1.29 is 13.2 Å². The molecule has 1 rings (SSSR count). The molecule has 1 heterocycles. The number of nitrogens with one attached hydrogen (secondary N) is 1. The summed E-state index contributed by atoms with van der Waals surface area (Å²) in [6, 6.07) is 0. The summed E-state index contributed by atoms with van der Waals surface area (Å²) in [6.07, 6.45) is 0. The summed E-state index contributed by atoms with van der Waals surface area (Å²) in [7, 11) is -1.62. The molecule has 0 spiro atoms. The maximum Gasteiger partial charge on any atom is 0.233 e. The topological polar surface area (TPSA) is 95.7 Å². The minimum absolute atomic E-state index is 0.0115. The number of rotatable bonds is 5. The molecule has 0 aromatic carbocycles. The van der Waals surface area contributed by atoms with Crippen molar-refractivity contribution >= 4 is 15.9 Å². The summed E-state index contributed by atoms with van der Waals surface area (Å²) in [5, 5.41) is 2.55. The molecule has 1 amide bonds. The van der Waals surface area contributed by atoms with Gasteiger partial charge in [-0.25, -0.2) is 8.42 Å². The van der Waals surface area contributed by atoms with E-state index in [-0.39, 0.29) is 18.2 Å². The Hall–Kier alpha value is -0.700. The van der Waals surface area contributed by atoms with Gasteiger partial charge in [0.25, 0.3) is 0 Å². The van der Waals surface area contributed by atoms with Crippen LogP contribution in [0.4, 0.5) is 0 Å². The molecule has 0 bridgehead atoms. The molecule has 1 saturated heterocycles. The molecule has 17 heavy (non-hydrogen) atoms. The van der Waals surface area contributed by atoms with Crippen LogP contribution in [0.15, 0.2) is 0 Å². The number of nitrogens with zero attached hydrogens (tertiary/aromatic N) is 2. The fourth-order valence-electron chi connectivity index (χ4n) is 1.73. The number of carbonyl (C=O) groups excluding carboxylic acids is 1. The lowest BCUT2D eigenvalue weighted by Gasteiger charge is -2.33. The molecule has 0 aromatic rings. The van der Waals surface area contributed by atoms with Gasteiger partial charge in [-0.3, -0.25) is 9.69 Å². The Labute approximate surface area is 102 Å². The maximum absolute atomic E-state index is 11.7. The van der Waals surface area contributed by atoms with Crippen LogP contribution in [0, 0.1) is 0 Å². The van der Waals surface area contributed by atoms with Crippen molar-refractivity contribution in [3.8, 4) is 0 Å². The first-order valence-corrected chi connectivity index (χ1v) is 7.21. The van der Waals surface area contributed by atoms with Crippen LogP contribution in [0.1, 0.15) is 0 Å². The van der Waals surface area contributed by atoms with Gasteiger partial charge in [0, 0.05) is 39.8 Å².